The highest BCUT2D eigenvalue weighted by atomic mass is 35.5. The van der Waals surface area contributed by atoms with Crippen molar-refractivity contribution in [3.63, 3.8) is 0 Å². The van der Waals surface area contributed by atoms with Gasteiger partial charge in [-0.2, -0.15) is 0 Å². The number of benzene rings is 1. The minimum atomic E-state index is -0.187. The van der Waals surface area contributed by atoms with Crippen molar-refractivity contribution in [1.29, 1.82) is 0 Å². The van der Waals surface area contributed by atoms with Gasteiger partial charge in [0.05, 0.1) is 5.38 Å². The highest BCUT2D eigenvalue weighted by Gasteiger charge is 2.27. The van der Waals surface area contributed by atoms with Crippen molar-refractivity contribution in [2.24, 2.45) is 5.92 Å². The lowest BCUT2D eigenvalue weighted by Gasteiger charge is -2.06. The van der Waals surface area contributed by atoms with E-state index in [1.165, 1.54) is 11.6 Å². The Balaban J connectivity index is 2.48. The molecule has 2 unspecified atom stereocenters. The van der Waals surface area contributed by atoms with Gasteiger partial charge in [0.25, 0.3) is 0 Å². The van der Waals surface area contributed by atoms with Gasteiger partial charge in [-0.25, -0.2) is 4.39 Å². The van der Waals surface area contributed by atoms with E-state index in [0.29, 0.717) is 5.92 Å². The molecule has 12 heavy (non-hydrogen) atoms. The molecule has 0 aliphatic heterocycles. The van der Waals surface area contributed by atoms with Gasteiger partial charge in [-0.05, 0) is 35.6 Å². The Labute approximate surface area is 76.4 Å². The monoisotopic (exact) mass is 184 g/mol. The van der Waals surface area contributed by atoms with Gasteiger partial charge in [-0.1, -0.05) is 13.0 Å². The zero-order chi connectivity index (χ0) is 8.72. The molecule has 1 aliphatic rings. The second-order valence-electron chi connectivity index (χ2n) is 3.43. The Morgan fingerprint density at radius 1 is 1.50 bits per heavy atom. The first kappa shape index (κ1) is 8.06. The van der Waals surface area contributed by atoms with E-state index >= 15 is 0 Å². The summed E-state index contributed by atoms with van der Waals surface area (Å²) in [4.78, 5) is 0. The van der Waals surface area contributed by atoms with E-state index < -0.39 is 0 Å². The van der Waals surface area contributed by atoms with E-state index in [-0.39, 0.29) is 11.2 Å². The molecule has 1 aromatic carbocycles. The maximum absolute atomic E-state index is 12.8. The second-order valence-corrected chi connectivity index (χ2v) is 3.90. The second kappa shape index (κ2) is 2.74. The molecule has 0 saturated carbocycles. The van der Waals surface area contributed by atoms with Crippen LogP contribution < -0.4 is 0 Å². The highest BCUT2D eigenvalue weighted by molar-refractivity contribution is 6.21. The van der Waals surface area contributed by atoms with Gasteiger partial charge in [0.15, 0.2) is 0 Å². The smallest absolute Gasteiger partial charge is 0.123 e. The lowest BCUT2D eigenvalue weighted by atomic mass is 10.1. The first-order chi connectivity index (χ1) is 5.68. The molecule has 0 aromatic heterocycles. The summed E-state index contributed by atoms with van der Waals surface area (Å²) in [7, 11) is 0. The summed E-state index contributed by atoms with van der Waals surface area (Å²) in [5.74, 6) is 0.247. The summed E-state index contributed by atoms with van der Waals surface area (Å²) in [6.45, 7) is 2.09. The van der Waals surface area contributed by atoms with Crippen LogP contribution in [0.2, 0.25) is 0 Å². The summed E-state index contributed by atoms with van der Waals surface area (Å²) in [5.41, 5.74) is 2.17. The Bertz CT molecular complexity index is 309. The molecular weight excluding hydrogens is 175 g/mol. The van der Waals surface area contributed by atoms with Crippen LogP contribution in [0.15, 0.2) is 18.2 Å². The largest absolute Gasteiger partial charge is 0.207 e. The molecule has 1 aromatic rings. The molecule has 0 bridgehead atoms. The molecule has 0 radical (unpaired) electrons. The third-order valence-corrected chi connectivity index (χ3v) is 3.11. The lowest BCUT2D eigenvalue weighted by Crippen LogP contribution is -1.94. The van der Waals surface area contributed by atoms with E-state index in [1.54, 1.807) is 6.07 Å². The predicted octanol–water partition coefficient (Wildman–Crippen LogP) is 3.30. The number of hydrogen-bond donors (Lipinski definition) is 0. The van der Waals surface area contributed by atoms with E-state index in [1.807, 2.05) is 6.07 Å². The molecule has 64 valence electrons. The van der Waals surface area contributed by atoms with E-state index in [0.717, 1.165) is 12.0 Å². The number of fused-ring (bicyclic) bond motifs is 1. The number of alkyl halides is 1. The molecular formula is C10H10ClF. The van der Waals surface area contributed by atoms with Crippen molar-refractivity contribution >= 4 is 11.6 Å². The van der Waals surface area contributed by atoms with Crippen LogP contribution >= 0.6 is 11.6 Å². The standard InChI is InChI=1S/C10H10ClF/c1-6-4-7-2-3-8(12)5-9(7)10(6)11/h2-3,5-6,10H,4H2,1H3. The van der Waals surface area contributed by atoms with Crippen LogP contribution in [0.25, 0.3) is 0 Å². The van der Waals surface area contributed by atoms with Crippen molar-refractivity contribution < 1.29 is 4.39 Å². The van der Waals surface area contributed by atoms with Gasteiger partial charge in [-0.3, -0.25) is 0 Å². The molecule has 0 N–H and O–H groups in total. The third kappa shape index (κ3) is 1.13. The molecule has 2 heteroatoms. The van der Waals surface area contributed by atoms with Crippen LogP contribution in [0.4, 0.5) is 4.39 Å². The Hall–Kier alpha value is -0.560. The van der Waals surface area contributed by atoms with Gasteiger partial charge in [0.1, 0.15) is 5.82 Å². The quantitative estimate of drug-likeness (QED) is 0.543. The normalized spacial score (nSPS) is 27.2. The fourth-order valence-corrected chi connectivity index (χ4v) is 2.06. The molecule has 1 aliphatic carbocycles. The van der Waals surface area contributed by atoms with Crippen LogP contribution in [0, 0.1) is 11.7 Å². The van der Waals surface area contributed by atoms with Crippen molar-refractivity contribution in [2.75, 3.05) is 0 Å². The summed E-state index contributed by atoms with van der Waals surface area (Å²) >= 11 is 6.10. The zero-order valence-corrected chi connectivity index (χ0v) is 7.61. The van der Waals surface area contributed by atoms with Gasteiger partial charge < -0.3 is 0 Å². The first-order valence-electron chi connectivity index (χ1n) is 4.11. The van der Waals surface area contributed by atoms with Crippen LogP contribution in [0.1, 0.15) is 23.4 Å². The Morgan fingerprint density at radius 3 is 3.00 bits per heavy atom. The summed E-state index contributed by atoms with van der Waals surface area (Å²) < 4.78 is 12.8. The number of hydrogen-bond acceptors (Lipinski definition) is 0. The minimum absolute atomic E-state index is 0.00398. The molecule has 0 nitrogen and oxygen atoms in total. The lowest BCUT2D eigenvalue weighted by molar-refractivity contribution is 0.604. The van der Waals surface area contributed by atoms with E-state index in [2.05, 4.69) is 6.92 Å². The van der Waals surface area contributed by atoms with Crippen molar-refractivity contribution in [3.8, 4) is 0 Å². The number of halogens is 2. The average molecular weight is 185 g/mol. The molecule has 0 heterocycles. The molecule has 0 amide bonds. The summed E-state index contributed by atoms with van der Waals surface area (Å²) in [6, 6.07) is 4.89. The zero-order valence-electron chi connectivity index (χ0n) is 6.85. The van der Waals surface area contributed by atoms with Crippen LogP contribution in [-0.2, 0) is 6.42 Å². The molecule has 0 spiro atoms. The molecule has 0 saturated heterocycles. The Morgan fingerprint density at radius 2 is 2.25 bits per heavy atom. The van der Waals surface area contributed by atoms with Gasteiger partial charge in [0.2, 0.25) is 0 Å². The minimum Gasteiger partial charge on any atom is -0.207 e. The summed E-state index contributed by atoms with van der Waals surface area (Å²) in [6.07, 6.45) is 0.976. The van der Waals surface area contributed by atoms with Crippen LogP contribution in [0.5, 0.6) is 0 Å². The summed E-state index contributed by atoms with van der Waals surface area (Å²) in [5, 5.41) is -0.00398. The fourth-order valence-electron chi connectivity index (χ4n) is 1.77. The van der Waals surface area contributed by atoms with Crippen LogP contribution in [0.3, 0.4) is 0 Å². The van der Waals surface area contributed by atoms with E-state index in [9.17, 15) is 4.39 Å². The molecule has 2 rings (SSSR count). The van der Waals surface area contributed by atoms with E-state index in [4.69, 9.17) is 11.6 Å². The maximum Gasteiger partial charge on any atom is 0.123 e. The predicted molar refractivity (Wildman–Crippen MR) is 47.9 cm³/mol. The van der Waals surface area contributed by atoms with Crippen molar-refractivity contribution in [3.05, 3.63) is 35.1 Å². The first-order valence-corrected chi connectivity index (χ1v) is 4.54. The maximum atomic E-state index is 12.8. The van der Waals surface area contributed by atoms with Crippen molar-refractivity contribution in [1.82, 2.24) is 0 Å². The number of rotatable bonds is 0. The van der Waals surface area contributed by atoms with Gasteiger partial charge in [-0.15, -0.1) is 11.6 Å². The SMILES string of the molecule is CC1Cc2ccc(F)cc2C1Cl. The van der Waals surface area contributed by atoms with Crippen LogP contribution in [-0.4, -0.2) is 0 Å². The molecule has 0 fully saturated rings. The Kier molecular flexibility index (Phi) is 1.84. The highest BCUT2D eigenvalue weighted by Crippen LogP contribution is 2.40. The van der Waals surface area contributed by atoms with Gasteiger partial charge in [0, 0.05) is 0 Å². The molecule has 2 atom stereocenters. The van der Waals surface area contributed by atoms with Gasteiger partial charge >= 0.3 is 0 Å². The fraction of sp³-hybridized carbons (Fsp3) is 0.400. The average Bonchev–Trinajstić information content (AvgIpc) is 2.31. The topological polar surface area (TPSA) is 0 Å². The van der Waals surface area contributed by atoms with Crippen molar-refractivity contribution in [2.45, 2.75) is 18.7 Å². The third-order valence-electron chi connectivity index (χ3n) is 2.45.